The van der Waals surface area contributed by atoms with Crippen molar-refractivity contribution in [3.8, 4) is 0 Å². The fourth-order valence-corrected chi connectivity index (χ4v) is 3.33. The molecule has 0 radical (unpaired) electrons. The van der Waals surface area contributed by atoms with Gasteiger partial charge in [0.2, 0.25) is 0 Å². The van der Waals surface area contributed by atoms with Gasteiger partial charge in [0, 0.05) is 6.66 Å². The topological polar surface area (TPSA) is 94.5 Å². The van der Waals surface area contributed by atoms with E-state index in [1.165, 1.54) is 0 Å². The van der Waals surface area contributed by atoms with Gasteiger partial charge < -0.3 is 28.3 Å². The Morgan fingerprint density at radius 2 is 2.44 bits per heavy atom. The van der Waals surface area contributed by atoms with Crippen molar-refractivity contribution >= 4 is 21.8 Å². The molecular weight excluding hydrogens is 282 g/mol. The van der Waals surface area contributed by atoms with Crippen LogP contribution in [0.1, 0.15) is 6.92 Å². The van der Waals surface area contributed by atoms with Crippen LogP contribution in [0, 0.1) is 0 Å². The molecule has 2 aliphatic rings. The summed E-state index contributed by atoms with van der Waals surface area (Å²) in [5.41, 5.74) is -1.08. The van der Waals surface area contributed by atoms with E-state index < -0.39 is 33.3 Å². The van der Waals surface area contributed by atoms with E-state index in [2.05, 4.69) is 6.30 Å². The summed E-state index contributed by atoms with van der Waals surface area (Å²) < 4.78 is 39.9. The highest BCUT2D eigenvalue weighted by molar-refractivity contribution is 7.51. The van der Waals surface area contributed by atoms with Crippen LogP contribution in [0.5, 0.6) is 0 Å². The van der Waals surface area contributed by atoms with Crippen LogP contribution < -0.4 is 0 Å². The van der Waals surface area contributed by atoms with Gasteiger partial charge in [-0.05, 0) is 6.92 Å². The van der Waals surface area contributed by atoms with Gasteiger partial charge in [-0.25, -0.2) is 0 Å². The van der Waals surface area contributed by atoms with Gasteiger partial charge in [-0.2, -0.15) is 0 Å². The zero-order valence-corrected chi connectivity index (χ0v) is 12.0. The molecule has 18 heavy (non-hydrogen) atoms. The molecule has 7 nitrogen and oxygen atoms in total. The zero-order chi connectivity index (χ0) is 14.5. The summed E-state index contributed by atoms with van der Waals surface area (Å²) >= 11 is 0. The minimum Gasteiger partial charge on any atom is -0.369 e. The predicted octanol–water partition coefficient (Wildman–Crippen LogP) is 0.228. The average Bonchev–Trinajstić information content (AvgIpc) is 2.64. The Balaban J connectivity index is 2.16. The standard InChI is InChI=1S/C9H18O7P2/c1-6-7-8(16-17(2)10)9(15-6,4-13-7)5-14-18(3,11)12/h6-8,10,17H,2,4-5H2,1,3H3,(H,11,12)/t6-,7-,8-,9+/m0/s1/i17T. The highest BCUT2D eigenvalue weighted by atomic mass is 31.2. The van der Waals surface area contributed by atoms with Gasteiger partial charge in [0.15, 0.2) is 0 Å². The number of hydrogen-bond acceptors (Lipinski definition) is 6. The molecule has 0 aliphatic carbocycles. The zero-order valence-electron chi connectivity index (χ0n) is 11.2. The molecule has 2 rings (SSSR count). The van der Waals surface area contributed by atoms with Crippen molar-refractivity contribution in [3.05, 3.63) is 0 Å². The molecule has 2 bridgehead atoms. The van der Waals surface area contributed by atoms with Crippen LogP contribution in [-0.2, 0) is 23.1 Å². The molecule has 0 aromatic heterocycles. The van der Waals surface area contributed by atoms with Crippen molar-refractivity contribution in [3.63, 3.8) is 0 Å². The number of ether oxygens (including phenoxy) is 2. The third kappa shape index (κ3) is 2.89. The first kappa shape index (κ1) is 13.3. The van der Waals surface area contributed by atoms with Gasteiger partial charge in [-0.15, -0.1) is 0 Å². The van der Waals surface area contributed by atoms with E-state index in [1.54, 1.807) is 6.92 Å². The monoisotopic (exact) mass is 302 g/mol. The van der Waals surface area contributed by atoms with E-state index in [0.717, 1.165) is 6.66 Å². The smallest absolute Gasteiger partial charge is 0.325 e. The molecule has 2 saturated heterocycles. The number of fused-ring (bicyclic) bond motifs is 2. The van der Waals surface area contributed by atoms with E-state index in [1.807, 2.05) is 0 Å². The van der Waals surface area contributed by atoms with Crippen LogP contribution in [0.2, 0.25) is 0 Å². The summed E-state index contributed by atoms with van der Waals surface area (Å²) in [7, 11) is -7.14. The second-order valence-electron chi connectivity index (χ2n) is 4.62. The second-order valence-corrected chi connectivity index (χ2v) is 7.40. The Labute approximate surface area is 107 Å². The molecule has 0 amide bonds. The third-order valence-electron chi connectivity index (χ3n) is 3.00. The maximum atomic E-state index is 11.2. The van der Waals surface area contributed by atoms with E-state index >= 15 is 0 Å². The largest absolute Gasteiger partial charge is 0.369 e. The summed E-state index contributed by atoms with van der Waals surface area (Å²) in [6.07, 6.45) is 1.75. The highest BCUT2D eigenvalue weighted by Gasteiger charge is 2.61. The van der Waals surface area contributed by atoms with Crippen molar-refractivity contribution in [1.29, 1.82) is 1.28 Å². The van der Waals surface area contributed by atoms with Crippen LogP contribution in [-0.4, -0.2) is 61.2 Å². The Morgan fingerprint density at radius 1 is 1.78 bits per heavy atom. The van der Waals surface area contributed by atoms with Crippen molar-refractivity contribution in [2.24, 2.45) is 0 Å². The van der Waals surface area contributed by atoms with E-state index in [-0.39, 0.29) is 19.3 Å². The molecule has 0 spiro atoms. The van der Waals surface area contributed by atoms with Crippen LogP contribution in [0.4, 0.5) is 0 Å². The second kappa shape index (κ2) is 5.00. The molecule has 2 fully saturated rings. The van der Waals surface area contributed by atoms with Crippen molar-refractivity contribution in [2.75, 3.05) is 19.9 Å². The van der Waals surface area contributed by atoms with Gasteiger partial charge in [-0.3, -0.25) is 4.57 Å². The van der Waals surface area contributed by atoms with Gasteiger partial charge in [-0.1, -0.05) is 6.30 Å². The maximum Gasteiger partial charge on any atom is 0.325 e. The molecule has 9 heteroatoms. The molecule has 2 aliphatic heterocycles. The third-order valence-corrected chi connectivity index (χ3v) is 4.08. The summed E-state index contributed by atoms with van der Waals surface area (Å²) in [6.45, 7) is 2.74. The first-order chi connectivity index (χ1) is 8.53. The fourth-order valence-electron chi connectivity index (χ4n) is 2.30. The Hall–Kier alpha value is 0.290. The lowest BCUT2D eigenvalue weighted by molar-refractivity contribution is -0.151. The Kier molecular flexibility index (Phi) is 3.69. The molecule has 106 valence electrons. The molecule has 0 aromatic carbocycles. The summed E-state index contributed by atoms with van der Waals surface area (Å²) in [4.78, 5) is 18.6. The van der Waals surface area contributed by atoms with Crippen LogP contribution in [0.15, 0.2) is 0 Å². The molecule has 6 atom stereocenters. The SMILES string of the molecule is [3H]P(=C)(O)O[C@H]1[C@H]2OC[C@]1(COP(C)(=O)O)O[C@H]2C. The maximum absolute atomic E-state index is 11.2. The minimum absolute atomic E-state index is 0.118. The van der Waals surface area contributed by atoms with E-state index in [0.29, 0.717) is 0 Å². The number of rotatable bonds is 5. The van der Waals surface area contributed by atoms with Gasteiger partial charge in [0.05, 0.1) is 19.3 Å². The lowest BCUT2D eigenvalue weighted by Gasteiger charge is -2.30. The van der Waals surface area contributed by atoms with Gasteiger partial charge >= 0.3 is 7.60 Å². The normalized spacial score (nSPS) is 46.4. The minimum atomic E-state index is -3.66. The lowest BCUT2D eigenvalue weighted by atomic mass is 10.0. The van der Waals surface area contributed by atoms with E-state index in [9.17, 15) is 14.4 Å². The Morgan fingerprint density at radius 3 is 2.94 bits per heavy atom. The fraction of sp³-hybridized carbons (Fsp3) is 0.889. The van der Waals surface area contributed by atoms with Gasteiger partial charge in [0.25, 0.3) is 0 Å². The van der Waals surface area contributed by atoms with E-state index in [4.69, 9.17) is 19.8 Å². The molecule has 2 unspecified atom stereocenters. The molecule has 2 N–H and O–H groups in total. The predicted molar refractivity (Wildman–Crippen MR) is 67.2 cm³/mol. The lowest BCUT2D eigenvalue weighted by Crippen LogP contribution is -2.45. The highest BCUT2D eigenvalue weighted by Crippen LogP contribution is 2.47. The quantitative estimate of drug-likeness (QED) is 0.702. The van der Waals surface area contributed by atoms with Crippen LogP contribution in [0.25, 0.3) is 0 Å². The van der Waals surface area contributed by atoms with Crippen molar-refractivity contribution < 1.29 is 32.9 Å². The average molecular weight is 302 g/mol. The van der Waals surface area contributed by atoms with Crippen molar-refractivity contribution in [1.82, 2.24) is 0 Å². The molecule has 2 heterocycles. The van der Waals surface area contributed by atoms with Crippen LogP contribution >= 0.6 is 15.5 Å². The summed E-state index contributed by atoms with van der Waals surface area (Å²) in [5.74, 6) is 0. The molecule has 0 saturated carbocycles. The van der Waals surface area contributed by atoms with Crippen LogP contribution in [0.3, 0.4) is 0 Å². The summed E-state index contributed by atoms with van der Waals surface area (Å²) in [5, 5.41) is 0. The number of hydrogen-bond donors (Lipinski definition) is 2. The molecule has 0 aromatic rings. The summed E-state index contributed by atoms with van der Waals surface area (Å²) in [6, 6.07) is 0. The first-order valence-electron chi connectivity index (χ1n) is 5.89. The van der Waals surface area contributed by atoms with Crippen molar-refractivity contribution in [2.45, 2.75) is 30.8 Å². The van der Waals surface area contributed by atoms with Gasteiger partial charge in [0.1, 0.15) is 27.0 Å². The first-order valence-corrected chi connectivity index (χ1v) is 8.86. The molecular formula is C9H18O7P2. The Bertz CT molecular complexity index is 446.